The molecule has 0 aliphatic carbocycles. The quantitative estimate of drug-likeness (QED) is 0.237. The number of amides is 3. The van der Waals surface area contributed by atoms with Gasteiger partial charge in [0.15, 0.2) is 0 Å². The third-order valence-electron chi connectivity index (χ3n) is 10.3. The van der Waals surface area contributed by atoms with E-state index in [-0.39, 0.29) is 57.3 Å². The van der Waals surface area contributed by atoms with E-state index < -0.39 is 0 Å². The van der Waals surface area contributed by atoms with Crippen molar-refractivity contribution in [3.05, 3.63) is 108 Å². The van der Waals surface area contributed by atoms with Gasteiger partial charge in [0.05, 0.1) is 0 Å². The summed E-state index contributed by atoms with van der Waals surface area (Å²) in [4.78, 5) is 41.3. The Morgan fingerprint density at radius 2 is 0.768 bits per heavy atom. The molecule has 3 fully saturated rings. The molecule has 3 saturated heterocycles. The van der Waals surface area contributed by atoms with Crippen LogP contribution in [0.25, 0.3) is 0 Å². The Hall–Kier alpha value is -4.61. The molecule has 310 valence electrons. The average molecular weight is 776 g/mol. The fourth-order valence-corrected chi connectivity index (χ4v) is 6.73. The largest absolute Gasteiger partial charge is 0.445 e. The van der Waals surface area contributed by atoms with E-state index in [2.05, 4.69) is 13.8 Å². The van der Waals surface area contributed by atoms with Crippen LogP contribution in [0.15, 0.2) is 91.0 Å². The summed E-state index contributed by atoms with van der Waals surface area (Å²) in [7, 11) is 0. The number of benzene rings is 3. The van der Waals surface area contributed by atoms with Crippen molar-refractivity contribution in [2.75, 3.05) is 19.6 Å². The first kappa shape index (κ1) is 47.5. The molecule has 11 heteroatoms. The summed E-state index contributed by atoms with van der Waals surface area (Å²) in [5.41, 5.74) is 14.8. The van der Waals surface area contributed by atoms with Crippen molar-refractivity contribution in [2.45, 2.75) is 131 Å². The predicted molar refractivity (Wildman–Crippen MR) is 225 cm³/mol. The van der Waals surface area contributed by atoms with Crippen LogP contribution in [0.3, 0.4) is 0 Å². The number of ether oxygens (including phenoxy) is 3. The van der Waals surface area contributed by atoms with Crippen LogP contribution in [-0.2, 0) is 34.0 Å². The van der Waals surface area contributed by atoms with E-state index in [4.69, 9.17) is 25.7 Å². The van der Waals surface area contributed by atoms with Crippen molar-refractivity contribution in [3.63, 3.8) is 0 Å². The van der Waals surface area contributed by atoms with Crippen LogP contribution in [0.2, 0.25) is 0 Å². The Labute approximate surface area is 336 Å². The number of carbonyl (C=O) groups excluding carboxylic acids is 3. The topological polar surface area (TPSA) is 141 Å². The predicted octanol–water partition coefficient (Wildman–Crippen LogP) is 8.99. The Kier molecular flexibility index (Phi) is 21.1. The second kappa shape index (κ2) is 24.8. The minimum atomic E-state index is -0.262. The summed E-state index contributed by atoms with van der Waals surface area (Å²) in [6.07, 6.45) is 5.41. The summed E-state index contributed by atoms with van der Waals surface area (Å²) in [5, 5.41) is 0. The summed E-state index contributed by atoms with van der Waals surface area (Å²) >= 11 is 0. The number of nitrogens with two attached hydrogens (primary N) is 2. The lowest BCUT2D eigenvalue weighted by Crippen LogP contribution is -2.50. The van der Waals surface area contributed by atoms with E-state index in [0.717, 1.165) is 55.3 Å². The van der Waals surface area contributed by atoms with Gasteiger partial charge in [-0.1, -0.05) is 113 Å². The Morgan fingerprint density at radius 3 is 1.09 bits per heavy atom. The zero-order valence-corrected chi connectivity index (χ0v) is 32.6. The molecule has 6 rings (SSSR count). The number of likely N-dealkylation sites (tertiary alicyclic amines) is 3. The van der Waals surface area contributed by atoms with Gasteiger partial charge in [-0.3, -0.25) is 0 Å². The first-order valence-electron chi connectivity index (χ1n) is 19.4. The van der Waals surface area contributed by atoms with Gasteiger partial charge in [-0.15, -0.1) is 0 Å². The van der Waals surface area contributed by atoms with Gasteiger partial charge in [0, 0.05) is 49.8 Å². The summed E-state index contributed by atoms with van der Waals surface area (Å²) in [5.74, 6) is 0.575. The number of nitrogens with zero attached hydrogens (tertiary/aromatic N) is 3. The SMILES string of the molecule is C.C.C[C@@H]1CC[C@@H](N)CN1C(=O)OCc1ccccc1.C[C@H]1CC[C@H](C)N(C(=O)OCc2ccccc2)C1.C[C@H]1CC[C@H](N)CN1C(=O)OCc1ccccc1. The lowest BCUT2D eigenvalue weighted by Gasteiger charge is -2.35. The highest BCUT2D eigenvalue weighted by Crippen LogP contribution is 2.23. The fourth-order valence-electron chi connectivity index (χ4n) is 6.73. The van der Waals surface area contributed by atoms with E-state index in [1.807, 2.05) is 110 Å². The molecule has 4 N–H and O–H groups in total. The first-order valence-corrected chi connectivity index (χ1v) is 19.4. The molecule has 0 radical (unpaired) electrons. The van der Waals surface area contributed by atoms with E-state index >= 15 is 0 Å². The van der Waals surface area contributed by atoms with Crippen molar-refractivity contribution < 1.29 is 28.6 Å². The molecule has 3 aliphatic rings. The molecule has 56 heavy (non-hydrogen) atoms. The molecule has 0 spiro atoms. The highest BCUT2D eigenvalue weighted by atomic mass is 16.6. The summed E-state index contributed by atoms with van der Waals surface area (Å²) in [6, 6.07) is 30.1. The molecule has 3 aliphatic heterocycles. The zero-order chi connectivity index (χ0) is 38.9. The van der Waals surface area contributed by atoms with E-state index in [9.17, 15) is 14.4 Å². The van der Waals surface area contributed by atoms with Gasteiger partial charge in [-0.25, -0.2) is 14.4 Å². The Bertz CT molecular complexity index is 1360. The maximum Gasteiger partial charge on any atom is 0.410 e. The Morgan fingerprint density at radius 1 is 0.482 bits per heavy atom. The maximum atomic E-state index is 12.0. The van der Waals surface area contributed by atoms with Crippen LogP contribution in [0.4, 0.5) is 14.4 Å². The molecule has 3 heterocycles. The molecule has 3 aromatic rings. The molecule has 0 saturated carbocycles. The van der Waals surface area contributed by atoms with E-state index in [1.54, 1.807) is 9.80 Å². The summed E-state index contributed by atoms with van der Waals surface area (Å²) in [6.45, 7) is 11.3. The lowest BCUT2D eigenvalue weighted by atomic mass is 9.96. The average Bonchev–Trinajstić information content (AvgIpc) is 3.19. The number of carbonyl (C=O) groups is 3. The third-order valence-corrected chi connectivity index (χ3v) is 10.3. The highest BCUT2D eigenvalue weighted by molar-refractivity contribution is 5.69. The maximum absolute atomic E-state index is 12.0. The minimum absolute atomic E-state index is 0. The van der Waals surface area contributed by atoms with E-state index in [1.165, 1.54) is 6.42 Å². The number of rotatable bonds is 6. The highest BCUT2D eigenvalue weighted by Gasteiger charge is 2.30. The second-order valence-corrected chi connectivity index (χ2v) is 15.0. The molecule has 3 amide bonds. The Balaban J connectivity index is 0.000000285. The molecule has 6 atom stereocenters. The third kappa shape index (κ3) is 15.9. The van der Waals surface area contributed by atoms with Crippen molar-refractivity contribution in [2.24, 2.45) is 17.4 Å². The van der Waals surface area contributed by atoms with Crippen molar-refractivity contribution in [1.82, 2.24) is 14.7 Å². The van der Waals surface area contributed by atoms with Crippen molar-refractivity contribution in [1.29, 1.82) is 0 Å². The van der Waals surface area contributed by atoms with Gasteiger partial charge < -0.3 is 40.4 Å². The van der Waals surface area contributed by atoms with Crippen LogP contribution in [-0.4, -0.2) is 82.8 Å². The number of piperidine rings is 3. The molecule has 0 aromatic heterocycles. The fraction of sp³-hybridized carbons (Fsp3) is 0.533. The lowest BCUT2D eigenvalue weighted by molar-refractivity contribution is 0.0612. The van der Waals surface area contributed by atoms with Crippen LogP contribution >= 0.6 is 0 Å². The van der Waals surface area contributed by atoms with Gasteiger partial charge >= 0.3 is 18.3 Å². The van der Waals surface area contributed by atoms with Gasteiger partial charge in [0.25, 0.3) is 0 Å². The van der Waals surface area contributed by atoms with Gasteiger partial charge in [0.2, 0.25) is 0 Å². The van der Waals surface area contributed by atoms with Gasteiger partial charge in [0.1, 0.15) is 19.8 Å². The van der Waals surface area contributed by atoms with Crippen LogP contribution in [0, 0.1) is 5.92 Å². The second-order valence-electron chi connectivity index (χ2n) is 15.0. The smallest absolute Gasteiger partial charge is 0.410 e. The standard InChI is InChI=1S/C15H21NO2.2C14H20N2O2.2CH4/c1-12-8-9-13(2)16(10-12)15(17)18-11-14-6-4-3-5-7-14;2*1-11-7-8-13(15)9-16(11)14(17)18-10-12-5-3-2-4-6-12;;/h3-7,12-13H,8-11H2,1-2H3;2*2-6,11,13H,7-10,15H2,1H3;2*1H4/t12-,13-;2*11-,13-;;/m010../s1. The molecule has 3 aromatic carbocycles. The van der Waals surface area contributed by atoms with Gasteiger partial charge in [-0.05, 0) is 81.9 Å². The zero-order valence-electron chi connectivity index (χ0n) is 32.6. The first-order chi connectivity index (χ1) is 26.0. The number of hydrogen-bond acceptors (Lipinski definition) is 8. The van der Waals surface area contributed by atoms with Crippen molar-refractivity contribution >= 4 is 18.3 Å². The molecule has 0 unspecified atom stereocenters. The van der Waals surface area contributed by atoms with Gasteiger partial charge in [-0.2, -0.15) is 0 Å². The molecular formula is C45H69N5O6. The molecule has 0 bridgehead atoms. The normalized spacial score (nSPS) is 22.9. The van der Waals surface area contributed by atoms with Crippen LogP contribution < -0.4 is 11.5 Å². The monoisotopic (exact) mass is 776 g/mol. The minimum Gasteiger partial charge on any atom is -0.445 e. The van der Waals surface area contributed by atoms with E-state index in [0.29, 0.717) is 44.9 Å². The van der Waals surface area contributed by atoms with Crippen molar-refractivity contribution in [3.8, 4) is 0 Å². The van der Waals surface area contributed by atoms with Crippen LogP contribution in [0.1, 0.15) is 97.8 Å². The molecular weight excluding hydrogens is 707 g/mol. The van der Waals surface area contributed by atoms with Crippen LogP contribution in [0.5, 0.6) is 0 Å². The molecule has 11 nitrogen and oxygen atoms in total. The number of hydrogen-bond donors (Lipinski definition) is 2. The summed E-state index contributed by atoms with van der Waals surface area (Å²) < 4.78 is 16.0.